The van der Waals surface area contributed by atoms with Gasteiger partial charge in [-0.3, -0.25) is 4.79 Å². The number of halogens is 2. The van der Waals surface area contributed by atoms with Crippen LogP contribution in [0.15, 0.2) is 52.9 Å². The number of nitrogens with zero attached hydrogens (tertiary/aromatic N) is 4. The number of anilines is 1. The molecule has 1 aromatic heterocycles. The van der Waals surface area contributed by atoms with Gasteiger partial charge < -0.3 is 18.4 Å². The van der Waals surface area contributed by atoms with E-state index >= 15 is 0 Å². The molecule has 1 amide bonds. The van der Waals surface area contributed by atoms with Gasteiger partial charge in [0.25, 0.3) is 5.91 Å². The van der Waals surface area contributed by atoms with Gasteiger partial charge in [-0.25, -0.2) is 4.39 Å². The molecule has 38 heavy (non-hydrogen) atoms. The second-order valence-electron chi connectivity index (χ2n) is 10.3. The summed E-state index contributed by atoms with van der Waals surface area (Å²) in [4.78, 5) is 16.2. The number of aryl methyl sites for hydroxylation is 1. The van der Waals surface area contributed by atoms with Gasteiger partial charge in [0, 0.05) is 17.2 Å². The monoisotopic (exact) mass is 556 g/mol. The van der Waals surface area contributed by atoms with Gasteiger partial charge in [-0.2, -0.15) is 0 Å². The van der Waals surface area contributed by atoms with Crippen LogP contribution in [0.5, 0.6) is 0 Å². The molecule has 10 heteroatoms. The summed E-state index contributed by atoms with van der Waals surface area (Å²) >= 11 is 7.88. The van der Waals surface area contributed by atoms with Gasteiger partial charge in [0.2, 0.25) is 11.8 Å². The van der Waals surface area contributed by atoms with Gasteiger partial charge >= 0.3 is 0 Å². The molecule has 2 aromatic carbocycles. The Balaban J connectivity index is 1.33. The van der Waals surface area contributed by atoms with Crippen molar-refractivity contribution >= 4 is 35.1 Å². The zero-order valence-electron chi connectivity index (χ0n) is 21.1. The van der Waals surface area contributed by atoms with Crippen molar-refractivity contribution in [2.75, 3.05) is 17.5 Å². The average Bonchev–Trinajstić information content (AvgIpc) is 3.84. The summed E-state index contributed by atoms with van der Waals surface area (Å²) in [6.07, 6.45) is 3.82. The predicted octanol–water partition coefficient (Wildman–Crippen LogP) is 5.78. The number of carbonyl (C=O) groups is 1. The fourth-order valence-corrected chi connectivity index (χ4v) is 6.39. The molecule has 2 unspecified atom stereocenters. The standard InChI is InChI=1S/C28H30ClFN4O3S/c1-17-31-32-27(37-17)14-26-28(35)34(25(16-36-26)19-8-10-20(29)11-9-19)24(18-6-7-18)15-33(38-21-12-13-21)23-5-3-2-4-22(23)30/h2-5,8-11,18,21,24-26H,6-7,12-16H2,1H3/t24?,25?,26-/m0/s1. The van der Waals surface area contributed by atoms with E-state index in [-0.39, 0.29) is 30.2 Å². The lowest BCUT2D eigenvalue weighted by Gasteiger charge is -2.45. The Morgan fingerprint density at radius 3 is 2.55 bits per heavy atom. The molecule has 0 bridgehead atoms. The second-order valence-corrected chi connectivity index (χ2v) is 12.0. The number of amides is 1. The molecule has 1 aliphatic heterocycles. The van der Waals surface area contributed by atoms with Gasteiger partial charge in [0.15, 0.2) is 0 Å². The minimum Gasteiger partial charge on any atom is -0.425 e. The Hall–Kier alpha value is -2.62. The summed E-state index contributed by atoms with van der Waals surface area (Å²) in [5, 5.41) is 9.10. The predicted molar refractivity (Wildman–Crippen MR) is 144 cm³/mol. The number of aromatic nitrogens is 2. The van der Waals surface area contributed by atoms with E-state index in [1.807, 2.05) is 41.3 Å². The number of morpholine rings is 1. The first-order valence-corrected chi connectivity index (χ1v) is 14.3. The third-order valence-corrected chi connectivity index (χ3v) is 8.92. The molecule has 0 radical (unpaired) electrons. The SMILES string of the molecule is Cc1nnc(C[C@@H]2OCC(c3ccc(Cl)cc3)N(C(CN(SC3CC3)c3ccccc3F)C3CC3)C2=O)o1. The highest BCUT2D eigenvalue weighted by atomic mass is 35.5. The van der Waals surface area contributed by atoms with E-state index in [9.17, 15) is 9.18 Å². The average molecular weight is 557 g/mol. The maximum Gasteiger partial charge on any atom is 0.253 e. The molecule has 3 atom stereocenters. The van der Waals surface area contributed by atoms with Crippen molar-refractivity contribution in [2.24, 2.45) is 5.92 Å². The minimum atomic E-state index is -0.724. The van der Waals surface area contributed by atoms with E-state index in [1.54, 1.807) is 24.9 Å². The van der Waals surface area contributed by atoms with Crippen molar-refractivity contribution in [1.29, 1.82) is 0 Å². The molecule has 2 aliphatic carbocycles. The van der Waals surface area contributed by atoms with E-state index in [2.05, 4.69) is 14.5 Å². The van der Waals surface area contributed by atoms with Crippen molar-refractivity contribution in [3.8, 4) is 0 Å². The Labute approximate surface area is 230 Å². The van der Waals surface area contributed by atoms with Crippen molar-refractivity contribution in [2.45, 2.75) is 62.5 Å². The molecule has 0 N–H and O–H groups in total. The van der Waals surface area contributed by atoms with Crippen LogP contribution in [0.2, 0.25) is 5.02 Å². The summed E-state index contributed by atoms with van der Waals surface area (Å²) in [5.74, 6) is 0.821. The van der Waals surface area contributed by atoms with Crippen molar-refractivity contribution in [1.82, 2.24) is 15.1 Å². The first-order chi connectivity index (χ1) is 18.5. The summed E-state index contributed by atoms with van der Waals surface area (Å²) < 4.78 is 28.8. The molecule has 200 valence electrons. The summed E-state index contributed by atoms with van der Waals surface area (Å²) in [6.45, 7) is 2.60. The highest BCUT2D eigenvalue weighted by Gasteiger charge is 2.47. The third-order valence-electron chi connectivity index (χ3n) is 7.30. The first-order valence-electron chi connectivity index (χ1n) is 13.1. The number of hydrogen-bond acceptors (Lipinski definition) is 7. The zero-order valence-corrected chi connectivity index (χ0v) is 22.7. The highest BCUT2D eigenvalue weighted by Crippen LogP contribution is 2.45. The van der Waals surface area contributed by atoms with Crippen LogP contribution in [0, 0.1) is 18.7 Å². The fourth-order valence-electron chi connectivity index (χ4n) is 5.06. The number of rotatable bonds is 10. The van der Waals surface area contributed by atoms with Gasteiger partial charge in [-0.1, -0.05) is 35.9 Å². The van der Waals surface area contributed by atoms with Crippen LogP contribution in [-0.4, -0.2) is 51.6 Å². The molecule has 7 nitrogen and oxygen atoms in total. The van der Waals surface area contributed by atoms with Crippen LogP contribution < -0.4 is 4.31 Å². The normalized spacial score (nSPS) is 22.5. The molecular weight excluding hydrogens is 527 g/mol. The Morgan fingerprint density at radius 1 is 1.13 bits per heavy atom. The van der Waals surface area contributed by atoms with Crippen LogP contribution in [0.1, 0.15) is 49.1 Å². The zero-order chi connectivity index (χ0) is 26.2. The lowest BCUT2D eigenvalue weighted by molar-refractivity contribution is -0.164. The number of hydrogen-bond donors (Lipinski definition) is 0. The van der Waals surface area contributed by atoms with E-state index < -0.39 is 6.10 Å². The third kappa shape index (κ3) is 5.70. The smallest absolute Gasteiger partial charge is 0.253 e. The van der Waals surface area contributed by atoms with Crippen LogP contribution in [0.3, 0.4) is 0 Å². The van der Waals surface area contributed by atoms with Crippen molar-refractivity contribution in [3.05, 3.63) is 76.7 Å². The molecule has 3 aliphatic rings. The molecule has 3 fully saturated rings. The summed E-state index contributed by atoms with van der Waals surface area (Å²) in [6, 6.07) is 14.1. The molecule has 2 saturated carbocycles. The van der Waals surface area contributed by atoms with E-state index in [0.29, 0.717) is 46.8 Å². The Bertz CT molecular complexity index is 1280. The number of carbonyl (C=O) groups excluding carboxylic acids is 1. The Kier molecular flexibility index (Phi) is 7.33. The second kappa shape index (κ2) is 10.9. The number of benzene rings is 2. The lowest BCUT2D eigenvalue weighted by Crippen LogP contribution is -2.57. The maximum atomic E-state index is 15.0. The van der Waals surface area contributed by atoms with E-state index in [1.165, 1.54) is 6.07 Å². The Morgan fingerprint density at radius 2 is 1.89 bits per heavy atom. The fraction of sp³-hybridized carbons (Fsp3) is 0.464. The molecule has 0 spiro atoms. The van der Waals surface area contributed by atoms with Crippen molar-refractivity contribution in [3.63, 3.8) is 0 Å². The summed E-state index contributed by atoms with van der Waals surface area (Å²) in [7, 11) is 0. The van der Waals surface area contributed by atoms with Crippen LogP contribution in [0.25, 0.3) is 0 Å². The van der Waals surface area contributed by atoms with E-state index in [0.717, 1.165) is 31.2 Å². The largest absolute Gasteiger partial charge is 0.425 e. The molecule has 2 heterocycles. The lowest BCUT2D eigenvalue weighted by atomic mass is 9.97. The van der Waals surface area contributed by atoms with Gasteiger partial charge in [0.05, 0.1) is 37.3 Å². The van der Waals surface area contributed by atoms with Crippen LogP contribution in [0.4, 0.5) is 10.1 Å². The maximum absolute atomic E-state index is 15.0. The van der Waals surface area contributed by atoms with Gasteiger partial charge in [-0.05, 0) is 73.4 Å². The number of para-hydroxylation sites is 1. The molecule has 6 rings (SSSR count). The van der Waals surface area contributed by atoms with Crippen molar-refractivity contribution < 1.29 is 18.3 Å². The first kappa shape index (κ1) is 25.6. The van der Waals surface area contributed by atoms with Crippen LogP contribution in [-0.2, 0) is 16.0 Å². The topological polar surface area (TPSA) is 71.7 Å². The van der Waals surface area contributed by atoms with Crippen LogP contribution >= 0.6 is 23.5 Å². The highest BCUT2D eigenvalue weighted by molar-refractivity contribution is 8.01. The summed E-state index contributed by atoms with van der Waals surface area (Å²) in [5.41, 5.74) is 1.53. The van der Waals surface area contributed by atoms with Gasteiger partial charge in [0.1, 0.15) is 11.9 Å². The molecule has 3 aromatic rings. The minimum absolute atomic E-state index is 0.103. The van der Waals surface area contributed by atoms with E-state index in [4.69, 9.17) is 20.8 Å². The molecule has 1 saturated heterocycles. The molecular formula is C28H30ClFN4O3S. The number of ether oxygens (including phenoxy) is 1. The van der Waals surface area contributed by atoms with Gasteiger partial charge in [-0.15, -0.1) is 10.2 Å². The quantitative estimate of drug-likeness (QED) is 0.293.